The first-order valence-corrected chi connectivity index (χ1v) is 10.6. The van der Waals surface area contributed by atoms with Crippen molar-refractivity contribution in [1.29, 1.82) is 5.26 Å². The molecule has 0 fully saturated rings. The Kier molecular flexibility index (Phi) is 8.14. The molecule has 0 aliphatic heterocycles. The van der Waals surface area contributed by atoms with Gasteiger partial charge in [-0.1, -0.05) is 41.4 Å². The highest BCUT2D eigenvalue weighted by atomic mass is 35.5. The molecular weight excluding hydrogens is 479 g/mol. The zero-order chi connectivity index (χ0) is 24.7. The van der Waals surface area contributed by atoms with Gasteiger partial charge in [0.25, 0.3) is 5.91 Å². The van der Waals surface area contributed by atoms with Crippen molar-refractivity contribution in [2.75, 3.05) is 12.4 Å². The lowest BCUT2D eigenvalue weighted by Crippen LogP contribution is -2.13. The second-order valence-corrected chi connectivity index (χ2v) is 7.77. The number of carboxylic acids is 1. The van der Waals surface area contributed by atoms with E-state index in [1.54, 1.807) is 42.5 Å². The summed E-state index contributed by atoms with van der Waals surface area (Å²) in [7, 11) is 1.47. The Morgan fingerprint density at radius 2 is 1.76 bits per heavy atom. The molecule has 0 aromatic heterocycles. The molecule has 2 N–H and O–H groups in total. The van der Waals surface area contributed by atoms with E-state index in [0.29, 0.717) is 27.8 Å². The average molecular weight is 497 g/mol. The fourth-order valence-electron chi connectivity index (χ4n) is 2.89. The topological polar surface area (TPSA) is 109 Å². The molecule has 0 radical (unpaired) electrons. The predicted molar refractivity (Wildman–Crippen MR) is 129 cm³/mol. The quantitative estimate of drug-likeness (QED) is 0.300. The smallest absolute Gasteiger partial charge is 0.335 e. The lowest BCUT2D eigenvalue weighted by molar-refractivity contribution is -0.112. The van der Waals surface area contributed by atoms with Crippen LogP contribution < -0.4 is 14.8 Å². The van der Waals surface area contributed by atoms with Crippen LogP contribution in [-0.4, -0.2) is 24.1 Å². The molecule has 0 aliphatic rings. The minimum atomic E-state index is -1.000. The SMILES string of the molecule is COc1cc(/C=C(\C#N)C(=O)Nc2ccc(Cl)c(Cl)c2)ccc1OCc1ccc(C(=O)O)cc1. The van der Waals surface area contributed by atoms with Gasteiger partial charge in [0.1, 0.15) is 18.2 Å². The van der Waals surface area contributed by atoms with Crippen molar-refractivity contribution in [1.82, 2.24) is 0 Å². The van der Waals surface area contributed by atoms with Crippen LogP contribution in [-0.2, 0) is 11.4 Å². The van der Waals surface area contributed by atoms with Gasteiger partial charge in [0.15, 0.2) is 11.5 Å². The normalized spacial score (nSPS) is 10.8. The fourth-order valence-corrected chi connectivity index (χ4v) is 3.18. The molecule has 3 rings (SSSR count). The van der Waals surface area contributed by atoms with Crippen LogP contribution in [0.4, 0.5) is 5.69 Å². The van der Waals surface area contributed by atoms with Crippen LogP contribution in [0.3, 0.4) is 0 Å². The number of carbonyl (C=O) groups is 2. The number of rotatable bonds is 8. The number of nitriles is 1. The van der Waals surface area contributed by atoms with E-state index in [2.05, 4.69) is 5.32 Å². The van der Waals surface area contributed by atoms with Crippen LogP contribution in [0.15, 0.2) is 66.2 Å². The molecule has 0 spiro atoms. The number of nitrogens with zero attached hydrogens (tertiary/aromatic N) is 1. The summed E-state index contributed by atoms with van der Waals surface area (Å²) in [4.78, 5) is 23.5. The Hall–Kier alpha value is -3.99. The Bertz CT molecular complexity index is 1300. The molecular formula is C25H18Cl2N2O5. The summed E-state index contributed by atoms with van der Waals surface area (Å²) in [6.45, 7) is 0.195. The molecule has 3 aromatic rings. The molecule has 3 aromatic carbocycles. The first kappa shape index (κ1) is 24.6. The van der Waals surface area contributed by atoms with Gasteiger partial charge in [-0.15, -0.1) is 0 Å². The third-order valence-corrected chi connectivity index (χ3v) is 5.38. The van der Waals surface area contributed by atoms with Gasteiger partial charge in [0.05, 0.1) is 22.7 Å². The van der Waals surface area contributed by atoms with Crippen LogP contribution in [0.1, 0.15) is 21.5 Å². The molecule has 0 saturated carbocycles. The molecule has 0 saturated heterocycles. The number of methoxy groups -OCH3 is 1. The minimum Gasteiger partial charge on any atom is -0.493 e. The lowest BCUT2D eigenvalue weighted by Gasteiger charge is -2.12. The maximum Gasteiger partial charge on any atom is 0.335 e. The zero-order valence-corrected chi connectivity index (χ0v) is 19.4. The zero-order valence-electron chi connectivity index (χ0n) is 17.8. The number of ether oxygens (including phenoxy) is 2. The van der Waals surface area contributed by atoms with E-state index < -0.39 is 11.9 Å². The highest BCUT2D eigenvalue weighted by Gasteiger charge is 2.12. The van der Waals surface area contributed by atoms with Crippen molar-refractivity contribution < 1.29 is 24.2 Å². The Morgan fingerprint density at radius 3 is 2.38 bits per heavy atom. The number of nitrogens with one attached hydrogen (secondary N) is 1. The first-order chi connectivity index (χ1) is 16.3. The number of anilines is 1. The van der Waals surface area contributed by atoms with E-state index >= 15 is 0 Å². The van der Waals surface area contributed by atoms with Crippen LogP contribution in [0.2, 0.25) is 10.0 Å². The standard InChI is InChI=1S/C25H18Cl2N2O5/c1-33-23-11-16(4-9-22(23)34-14-15-2-5-17(6-3-15)25(31)32)10-18(13-28)24(30)29-19-7-8-20(26)21(27)12-19/h2-12H,14H2,1H3,(H,29,30)(H,31,32)/b18-10+. The Morgan fingerprint density at radius 1 is 1.03 bits per heavy atom. The number of aromatic carboxylic acids is 1. The summed E-state index contributed by atoms with van der Waals surface area (Å²) in [5.74, 6) is -0.760. The molecule has 0 atom stereocenters. The van der Waals surface area contributed by atoms with Gasteiger partial charge in [-0.05, 0) is 59.7 Å². The van der Waals surface area contributed by atoms with Crippen molar-refractivity contribution in [2.24, 2.45) is 0 Å². The highest BCUT2D eigenvalue weighted by Crippen LogP contribution is 2.30. The van der Waals surface area contributed by atoms with Crippen LogP contribution in [0.5, 0.6) is 11.5 Å². The Labute approximate surface area is 205 Å². The molecule has 172 valence electrons. The van der Waals surface area contributed by atoms with E-state index in [-0.39, 0.29) is 22.8 Å². The number of hydrogen-bond acceptors (Lipinski definition) is 5. The largest absolute Gasteiger partial charge is 0.493 e. The van der Waals surface area contributed by atoms with Gasteiger partial charge in [-0.2, -0.15) is 5.26 Å². The molecule has 0 aliphatic carbocycles. The molecule has 9 heteroatoms. The number of benzene rings is 3. The highest BCUT2D eigenvalue weighted by molar-refractivity contribution is 6.42. The number of halogens is 2. The summed E-state index contributed by atoms with van der Waals surface area (Å²) < 4.78 is 11.2. The van der Waals surface area contributed by atoms with Gasteiger partial charge in [0.2, 0.25) is 0 Å². The number of hydrogen-bond donors (Lipinski definition) is 2. The fraction of sp³-hybridized carbons (Fsp3) is 0.0800. The van der Waals surface area contributed by atoms with Crippen LogP contribution in [0.25, 0.3) is 6.08 Å². The van der Waals surface area contributed by atoms with Gasteiger partial charge in [-0.3, -0.25) is 4.79 Å². The third kappa shape index (κ3) is 6.29. The molecule has 7 nitrogen and oxygen atoms in total. The van der Waals surface area contributed by atoms with Crippen molar-refractivity contribution in [3.8, 4) is 17.6 Å². The average Bonchev–Trinajstić information content (AvgIpc) is 2.83. The molecule has 0 heterocycles. The minimum absolute atomic E-state index is 0.125. The maximum absolute atomic E-state index is 12.5. The van der Waals surface area contributed by atoms with Gasteiger partial charge < -0.3 is 19.9 Å². The van der Waals surface area contributed by atoms with E-state index in [4.69, 9.17) is 37.8 Å². The van der Waals surface area contributed by atoms with Gasteiger partial charge in [-0.25, -0.2) is 4.79 Å². The van der Waals surface area contributed by atoms with E-state index in [1.807, 2.05) is 6.07 Å². The first-order valence-electron chi connectivity index (χ1n) is 9.82. The number of amides is 1. The van der Waals surface area contributed by atoms with Crippen molar-refractivity contribution in [3.05, 3.63) is 93.0 Å². The van der Waals surface area contributed by atoms with Crippen molar-refractivity contribution in [2.45, 2.75) is 6.61 Å². The summed E-state index contributed by atoms with van der Waals surface area (Å²) >= 11 is 11.8. The molecule has 1 amide bonds. The third-order valence-electron chi connectivity index (χ3n) is 4.64. The van der Waals surface area contributed by atoms with Crippen molar-refractivity contribution in [3.63, 3.8) is 0 Å². The second-order valence-electron chi connectivity index (χ2n) is 6.95. The van der Waals surface area contributed by atoms with Crippen molar-refractivity contribution >= 4 is 46.8 Å². The second kappa shape index (κ2) is 11.2. The lowest BCUT2D eigenvalue weighted by atomic mass is 10.1. The summed E-state index contributed by atoms with van der Waals surface area (Å²) in [5, 5.41) is 21.7. The van der Waals surface area contributed by atoms with E-state index in [9.17, 15) is 14.9 Å². The Balaban J connectivity index is 1.73. The predicted octanol–water partition coefficient (Wildman–Crippen LogP) is 5.82. The maximum atomic E-state index is 12.5. The number of carbonyl (C=O) groups excluding carboxylic acids is 1. The summed E-state index contributed by atoms with van der Waals surface area (Å²) in [5.41, 5.74) is 1.80. The van der Waals surface area contributed by atoms with Crippen LogP contribution in [0, 0.1) is 11.3 Å². The monoisotopic (exact) mass is 496 g/mol. The summed E-state index contributed by atoms with van der Waals surface area (Å²) in [6.07, 6.45) is 1.42. The number of carboxylic acid groups (broad SMARTS) is 1. The van der Waals surface area contributed by atoms with Gasteiger partial charge >= 0.3 is 5.97 Å². The van der Waals surface area contributed by atoms with Gasteiger partial charge in [0, 0.05) is 5.69 Å². The molecule has 0 unspecified atom stereocenters. The van der Waals surface area contributed by atoms with E-state index in [0.717, 1.165) is 5.56 Å². The molecule has 0 bridgehead atoms. The van der Waals surface area contributed by atoms with Crippen LogP contribution >= 0.6 is 23.2 Å². The van der Waals surface area contributed by atoms with E-state index in [1.165, 1.54) is 31.4 Å². The summed E-state index contributed by atoms with van der Waals surface area (Å²) in [6, 6.07) is 17.8. The molecule has 34 heavy (non-hydrogen) atoms.